The molecule has 0 radical (unpaired) electrons. The van der Waals surface area contributed by atoms with Crippen LogP contribution in [-0.2, 0) is 4.74 Å². The normalized spacial score (nSPS) is 11.1. The highest BCUT2D eigenvalue weighted by atomic mass is 16.5. The molecule has 0 saturated heterocycles. The third-order valence-corrected chi connectivity index (χ3v) is 3.93. The van der Waals surface area contributed by atoms with Gasteiger partial charge in [0.25, 0.3) is 0 Å². The lowest BCUT2D eigenvalue weighted by Gasteiger charge is -2.14. The molecule has 1 heterocycles. The first kappa shape index (κ1) is 20.8. The van der Waals surface area contributed by atoms with Crippen LogP contribution in [0.15, 0.2) is 30.5 Å². The van der Waals surface area contributed by atoms with Gasteiger partial charge in [0.15, 0.2) is 0 Å². The Bertz CT molecular complexity index is 763. The number of aromatic nitrogens is 2. The Hall–Kier alpha value is -2.51. The van der Waals surface area contributed by atoms with Crippen LogP contribution in [-0.4, -0.2) is 80.2 Å². The van der Waals surface area contributed by atoms with Crippen molar-refractivity contribution in [3.05, 3.63) is 41.6 Å². The zero-order valence-electron chi connectivity index (χ0n) is 16.7. The third kappa shape index (κ3) is 6.30. The predicted octanol–water partition coefficient (Wildman–Crippen LogP) is 2.11. The number of nitrogens with zero attached hydrogens (tertiary/aromatic N) is 4. The molecule has 0 bridgehead atoms. The van der Waals surface area contributed by atoms with E-state index in [1.165, 1.54) is 6.20 Å². The van der Waals surface area contributed by atoms with Crippen LogP contribution in [0.1, 0.15) is 15.9 Å². The van der Waals surface area contributed by atoms with Gasteiger partial charge in [0.1, 0.15) is 18.8 Å². The summed E-state index contributed by atoms with van der Waals surface area (Å²) < 4.78 is 11.0. The lowest BCUT2D eigenvalue weighted by atomic mass is 10.0. The van der Waals surface area contributed by atoms with Crippen molar-refractivity contribution < 1.29 is 14.3 Å². The number of ether oxygens (including phenoxy) is 2. The van der Waals surface area contributed by atoms with Crippen LogP contribution in [0, 0.1) is 6.92 Å². The average molecular weight is 372 g/mol. The monoisotopic (exact) mass is 372 g/mol. The summed E-state index contributed by atoms with van der Waals surface area (Å²) >= 11 is 0. The fraction of sp³-hybridized carbons (Fsp3) is 0.450. The number of carbonyl (C=O) groups excluding carboxylic acids is 1. The highest BCUT2D eigenvalue weighted by Gasteiger charge is 2.19. The van der Waals surface area contributed by atoms with E-state index in [1.807, 2.05) is 69.2 Å². The van der Waals surface area contributed by atoms with Crippen LogP contribution in [0.25, 0.3) is 11.3 Å². The van der Waals surface area contributed by atoms with E-state index in [-0.39, 0.29) is 6.01 Å². The molecule has 0 amide bonds. The molecule has 146 valence electrons. The first-order valence-electron chi connectivity index (χ1n) is 8.91. The maximum Gasteiger partial charge on any atom is 0.341 e. The van der Waals surface area contributed by atoms with E-state index in [4.69, 9.17) is 9.47 Å². The average Bonchev–Trinajstić information content (AvgIpc) is 2.61. The molecule has 7 heteroatoms. The molecule has 0 atom stereocenters. The summed E-state index contributed by atoms with van der Waals surface area (Å²) in [6, 6.07) is 8.02. The second-order valence-electron chi connectivity index (χ2n) is 6.82. The van der Waals surface area contributed by atoms with E-state index >= 15 is 0 Å². The standard InChI is InChI=1S/C20H28N4O3/c1-15-8-6-7-9-16(15)18-17(19(25)26-12-10-23(2)3)14-21-20(22-18)27-13-11-24(4)5/h6-9,14H,10-13H2,1-5H3. The van der Waals surface area contributed by atoms with Gasteiger partial charge in [-0.3, -0.25) is 0 Å². The fourth-order valence-electron chi connectivity index (χ4n) is 2.35. The second kappa shape index (κ2) is 9.99. The van der Waals surface area contributed by atoms with Gasteiger partial charge in [-0.25, -0.2) is 9.78 Å². The van der Waals surface area contributed by atoms with Gasteiger partial charge in [-0.05, 0) is 40.7 Å². The molecular weight excluding hydrogens is 344 g/mol. The van der Waals surface area contributed by atoms with Crippen LogP contribution >= 0.6 is 0 Å². The number of aryl methyl sites for hydroxylation is 1. The van der Waals surface area contributed by atoms with Gasteiger partial charge >= 0.3 is 12.0 Å². The minimum absolute atomic E-state index is 0.250. The lowest BCUT2D eigenvalue weighted by Crippen LogP contribution is -2.21. The van der Waals surface area contributed by atoms with Gasteiger partial charge in [-0.2, -0.15) is 4.98 Å². The van der Waals surface area contributed by atoms with Crippen molar-refractivity contribution in [1.82, 2.24) is 19.8 Å². The summed E-state index contributed by atoms with van der Waals surface area (Å²) in [4.78, 5) is 25.2. The predicted molar refractivity (Wildman–Crippen MR) is 105 cm³/mol. The van der Waals surface area contributed by atoms with Crippen molar-refractivity contribution >= 4 is 5.97 Å². The molecule has 2 rings (SSSR count). The summed E-state index contributed by atoms with van der Waals surface area (Å²) in [6.45, 7) is 4.15. The largest absolute Gasteiger partial charge is 0.462 e. The van der Waals surface area contributed by atoms with Crippen LogP contribution < -0.4 is 4.74 Å². The van der Waals surface area contributed by atoms with E-state index in [0.29, 0.717) is 31.0 Å². The highest BCUT2D eigenvalue weighted by Crippen LogP contribution is 2.26. The van der Waals surface area contributed by atoms with Crippen LogP contribution in [0.3, 0.4) is 0 Å². The SMILES string of the molecule is Cc1ccccc1-c1nc(OCCN(C)C)ncc1C(=O)OCCN(C)C. The van der Waals surface area contributed by atoms with Gasteiger partial charge in [-0.15, -0.1) is 0 Å². The molecule has 0 aliphatic heterocycles. The number of hydrogen-bond acceptors (Lipinski definition) is 7. The fourth-order valence-corrected chi connectivity index (χ4v) is 2.35. The maximum atomic E-state index is 12.6. The minimum Gasteiger partial charge on any atom is -0.462 e. The number of carbonyl (C=O) groups is 1. The Morgan fingerprint density at radius 3 is 2.37 bits per heavy atom. The van der Waals surface area contributed by atoms with Gasteiger partial charge in [0, 0.05) is 24.8 Å². The number of esters is 1. The number of likely N-dealkylation sites (N-methyl/N-ethyl adjacent to an activating group) is 2. The van der Waals surface area contributed by atoms with Crippen molar-refractivity contribution in [2.75, 3.05) is 54.5 Å². The molecule has 0 spiro atoms. The molecule has 0 aliphatic rings. The van der Waals surface area contributed by atoms with Gasteiger partial charge in [0.2, 0.25) is 0 Å². The zero-order valence-corrected chi connectivity index (χ0v) is 16.7. The van der Waals surface area contributed by atoms with Crippen molar-refractivity contribution in [1.29, 1.82) is 0 Å². The molecule has 0 N–H and O–H groups in total. The van der Waals surface area contributed by atoms with Crippen LogP contribution in [0.4, 0.5) is 0 Å². The molecular formula is C20H28N4O3. The Labute approximate surface area is 160 Å². The van der Waals surface area contributed by atoms with Gasteiger partial charge < -0.3 is 19.3 Å². The van der Waals surface area contributed by atoms with Gasteiger partial charge in [0.05, 0.1) is 5.69 Å². The van der Waals surface area contributed by atoms with Crippen molar-refractivity contribution in [3.63, 3.8) is 0 Å². The first-order chi connectivity index (χ1) is 12.9. The molecule has 1 aromatic heterocycles. The van der Waals surface area contributed by atoms with E-state index in [9.17, 15) is 4.79 Å². The van der Waals surface area contributed by atoms with E-state index in [0.717, 1.165) is 17.7 Å². The summed E-state index contributed by atoms with van der Waals surface area (Å²) in [5.74, 6) is -0.435. The lowest BCUT2D eigenvalue weighted by molar-refractivity contribution is 0.0481. The molecule has 2 aromatic rings. The Balaban J connectivity index is 2.29. The van der Waals surface area contributed by atoms with Crippen LogP contribution in [0.2, 0.25) is 0 Å². The highest BCUT2D eigenvalue weighted by molar-refractivity contribution is 5.96. The Kier molecular flexibility index (Phi) is 7.69. The second-order valence-corrected chi connectivity index (χ2v) is 6.82. The summed E-state index contributed by atoms with van der Waals surface area (Å²) in [5, 5.41) is 0. The van der Waals surface area contributed by atoms with Crippen molar-refractivity contribution in [2.24, 2.45) is 0 Å². The molecule has 0 fully saturated rings. The molecule has 0 unspecified atom stereocenters. The van der Waals surface area contributed by atoms with E-state index in [2.05, 4.69) is 9.97 Å². The quantitative estimate of drug-likeness (QED) is 0.625. The van der Waals surface area contributed by atoms with E-state index in [1.54, 1.807) is 0 Å². The molecule has 0 aliphatic carbocycles. The number of benzene rings is 1. The number of hydrogen-bond donors (Lipinski definition) is 0. The molecule has 1 aromatic carbocycles. The molecule has 7 nitrogen and oxygen atoms in total. The van der Waals surface area contributed by atoms with Gasteiger partial charge in [-0.1, -0.05) is 24.3 Å². The third-order valence-electron chi connectivity index (χ3n) is 3.93. The first-order valence-corrected chi connectivity index (χ1v) is 8.91. The number of rotatable bonds is 9. The summed E-state index contributed by atoms with van der Waals surface area (Å²) in [5.41, 5.74) is 2.73. The minimum atomic E-state index is -0.435. The van der Waals surface area contributed by atoms with E-state index < -0.39 is 5.97 Å². The Morgan fingerprint density at radius 1 is 1.04 bits per heavy atom. The summed E-state index contributed by atoms with van der Waals surface area (Å²) in [6.07, 6.45) is 1.48. The van der Waals surface area contributed by atoms with Crippen molar-refractivity contribution in [2.45, 2.75) is 6.92 Å². The topological polar surface area (TPSA) is 67.8 Å². The van der Waals surface area contributed by atoms with Crippen molar-refractivity contribution in [3.8, 4) is 17.3 Å². The zero-order chi connectivity index (χ0) is 19.8. The maximum absolute atomic E-state index is 12.6. The smallest absolute Gasteiger partial charge is 0.341 e. The van der Waals surface area contributed by atoms with Crippen LogP contribution in [0.5, 0.6) is 6.01 Å². The molecule has 0 saturated carbocycles. The Morgan fingerprint density at radius 2 is 1.70 bits per heavy atom. The molecule has 27 heavy (non-hydrogen) atoms. The summed E-state index contributed by atoms with van der Waals surface area (Å²) in [7, 11) is 7.79.